The molecule has 1 aliphatic rings. The van der Waals surface area contributed by atoms with E-state index in [-0.39, 0.29) is 11.9 Å². The Balaban J connectivity index is 1.30. The first-order valence-electron chi connectivity index (χ1n) is 14.3. The molecule has 0 unspecified atom stereocenters. The summed E-state index contributed by atoms with van der Waals surface area (Å²) in [5, 5.41) is 4.39. The first-order chi connectivity index (χ1) is 19.2. The zero-order valence-electron chi connectivity index (χ0n) is 23.0. The smallest absolute Gasteiger partial charge is 0.254 e. The van der Waals surface area contributed by atoms with Crippen LogP contribution >= 0.6 is 11.3 Å². The van der Waals surface area contributed by atoms with Gasteiger partial charge in [-0.3, -0.25) is 14.7 Å². The molecule has 4 aromatic rings. The second-order valence-corrected chi connectivity index (χ2v) is 11.4. The van der Waals surface area contributed by atoms with Crippen LogP contribution in [0.15, 0.2) is 89.9 Å². The van der Waals surface area contributed by atoms with Crippen molar-refractivity contribution in [3.05, 3.63) is 112 Å². The number of pyridine rings is 1. The van der Waals surface area contributed by atoms with E-state index in [9.17, 15) is 4.79 Å². The number of carbonyl (C=O) groups is 1. The van der Waals surface area contributed by atoms with Crippen LogP contribution in [-0.4, -0.2) is 39.8 Å². The quantitative estimate of drug-likeness (QED) is 0.183. The molecule has 4 nitrogen and oxygen atoms in total. The third-order valence-electron chi connectivity index (χ3n) is 7.82. The van der Waals surface area contributed by atoms with Gasteiger partial charge in [0.15, 0.2) is 0 Å². The van der Waals surface area contributed by atoms with Gasteiger partial charge in [-0.05, 0) is 88.5 Å². The third kappa shape index (κ3) is 7.43. The molecule has 5 rings (SSSR count). The van der Waals surface area contributed by atoms with Crippen molar-refractivity contribution in [3.63, 3.8) is 0 Å². The lowest BCUT2D eigenvalue weighted by Crippen LogP contribution is -2.46. The van der Waals surface area contributed by atoms with Crippen molar-refractivity contribution in [2.45, 2.75) is 64.6 Å². The molecule has 2 aromatic carbocycles. The van der Waals surface area contributed by atoms with Crippen LogP contribution in [0.1, 0.15) is 66.1 Å². The van der Waals surface area contributed by atoms with Crippen molar-refractivity contribution in [1.29, 1.82) is 0 Å². The van der Waals surface area contributed by atoms with Crippen LogP contribution in [0.4, 0.5) is 0 Å². The molecule has 0 atom stereocenters. The van der Waals surface area contributed by atoms with Gasteiger partial charge in [-0.25, -0.2) is 0 Å². The van der Waals surface area contributed by atoms with Crippen molar-refractivity contribution in [2.75, 3.05) is 13.1 Å². The SMILES string of the molecule is CCCCCc1ccc(C(=O)N(Cc2ccc(-c3cccnc3)cc2)C2CCN(Cc3ccsc3)CC2)cc1. The predicted octanol–water partition coefficient (Wildman–Crippen LogP) is 7.85. The normalized spacial score (nSPS) is 14.4. The van der Waals surface area contributed by atoms with E-state index in [1.54, 1.807) is 17.5 Å². The number of aryl methyl sites for hydroxylation is 1. The Morgan fingerprint density at radius 3 is 2.36 bits per heavy atom. The average Bonchev–Trinajstić information content (AvgIpc) is 3.50. The Morgan fingerprint density at radius 2 is 1.69 bits per heavy atom. The Bertz CT molecular complexity index is 1280. The fourth-order valence-electron chi connectivity index (χ4n) is 5.49. The van der Waals surface area contributed by atoms with E-state index in [2.05, 4.69) is 81.0 Å². The zero-order chi connectivity index (χ0) is 26.9. The number of aromatic nitrogens is 1. The van der Waals surface area contributed by atoms with Crippen LogP contribution < -0.4 is 0 Å². The summed E-state index contributed by atoms with van der Waals surface area (Å²) in [6.07, 6.45) is 10.4. The highest BCUT2D eigenvalue weighted by Crippen LogP contribution is 2.25. The van der Waals surface area contributed by atoms with Gasteiger partial charge in [0.05, 0.1) is 0 Å². The summed E-state index contributed by atoms with van der Waals surface area (Å²) >= 11 is 1.76. The Hall–Kier alpha value is -3.28. The molecule has 0 N–H and O–H groups in total. The molecule has 202 valence electrons. The van der Waals surface area contributed by atoms with Crippen molar-refractivity contribution in [1.82, 2.24) is 14.8 Å². The summed E-state index contributed by atoms with van der Waals surface area (Å²) < 4.78 is 0. The molecule has 5 heteroatoms. The van der Waals surface area contributed by atoms with Crippen molar-refractivity contribution in [2.24, 2.45) is 0 Å². The second-order valence-electron chi connectivity index (χ2n) is 10.7. The fourth-order valence-corrected chi connectivity index (χ4v) is 6.15. The van der Waals surface area contributed by atoms with Gasteiger partial charge in [0.25, 0.3) is 5.91 Å². The largest absolute Gasteiger partial charge is 0.331 e. The van der Waals surface area contributed by atoms with E-state index < -0.39 is 0 Å². The number of amides is 1. The molecule has 3 heterocycles. The molecule has 0 radical (unpaired) electrons. The van der Waals surface area contributed by atoms with E-state index >= 15 is 0 Å². The van der Waals surface area contributed by atoms with Gasteiger partial charge in [0.2, 0.25) is 0 Å². The highest BCUT2D eigenvalue weighted by molar-refractivity contribution is 7.07. The summed E-state index contributed by atoms with van der Waals surface area (Å²) in [7, 11) is 0. The van der Waals surface area contributed by atoms with E-state index in [1.165, 1.54) is 30.4 Å². The van der Waals surface area contributed by atoms with E-state index in [0.29, 0.717) is 6.54 Å². The van der Waals surface area contributed by atoms with Crippen LogP contribution in [0.3, 0.4) is 0 Å². The van der Waals surface area contributed by atoms with Crippen LogP contribution in [0.25, 0.3) is 11.1 Å². The molecule has 39 heavy (non-hydrogen) atoms. The Labute approximate surface area is 237 Å². The number of carbonyl (C=O) groups excluding carboxylic acids is 1. The number of hydrogen-bond acceptors (Lipinski definition) is 4. The van der Waals surface area contributed by atoms with Gasteiger partial charge in [-0.15, -0.1) is 0 Å². The van der Waals surface area contributed by atoms with Gasteiger partial charge in [-0.2, -0.15) is 11.3 Å². The second kappa shape index (κ2) is 13.7. The molecule has 0 saturated carbocycles. The number of benzene rings is 2. The number of nitrogens with zero attached hydrogens (tertiary/aromatic N) is 3. The minimum atomic E-state index is 0.141. The summed E-state index contributed by atoms with van der Waals surface area (Å²) in [6.45, 7) is 5.88. The van der Waals surface area contributed by atoms with Crippen LogP contribution in [0.5, 0.6) is 0 Å². The standard InChI is InChI=1S/C34H39N3OS/c1-2-3-4-6-27-8-14-31(15-9-27)34(38)37(33-16-20-36(21-17-33)24-29-18-22-39-26-29)25-28-10-12-30(13-11-28)32-7-5-19-35-23-32/h5,7-15,18-19,22-23,26,33H,2-4,6,16-17,20-21,24-25H2,1H3. The van der Waals surface area contributed by atoms with Gasteiger partial charge in [-0.1, -0.05) is 62.2 Å². The lowest BCUT2D eigenvalue weighted by Gasteiger charge is -2.38. The summed E-state index contributed by atoms with van der Waals surface area (Å²) in [6, 6.07) is 23.5. The highest BCUT2D eigenvalue weighted by Gasteiger charge is 2.29. The summed E-state index contributed by atoms with van der Waals surface area (Å²) in [5.74, 6) is 0.141. The van der Waals surface area contributed by atoms with E-state index in [0.717, 1.165) is 61.2 Å². The van der Waals surface area contributed by atoms with Gasteiger partial charge < -0.3 is 4.90 Å². The molecule has 0 spiro atoms. The molecular formula is C34H39N3OS. The fraction of sp³-hybridized carbons (Fsp3) is 0.353. The minimum absolute atomic E-state index is 0.141. The highest BCUT2D eigenvalue weighted by atomic mass is 32.1. The number of thiophene rings is 1. The Morgan fingerprint density at radius 1 is 0.923 bits per heavy atom. The molecule has 1 amide bonds. The van der Waals surface area contributed by atoms with Crippen molar-refractivity contribution < 1.29 is 4.79 Å². The van der Waals surface area contributed by atoms with Crippen molar-refractivity contribution >= 4 is 17.2 Å². The first kappa shape index (κ1) is 27.3. The number of rotatable bonds is 11. The predicted molar refractivity (Wildman–Crippen MR) is 162 cm³/mol. The topological polar surface area (TPSA) is 36.4 Å². The Kier molecular flexibility index (Phi) is 9.57. The van der Waals surface area contributed by atoms with Crippen LogP contribution in [0.2, 0.25) is 0 Å². The zero-order valence-corrected chi connectivity index (χ0v) is 23.8. The van der Waals surface area contributed by atoms with E-state index in [1.807, 2.05) is 24.4 Å². The molecule has 1 aliphatic heterocycles. The number of likely N-dealkylation sites (tertiary alicyclic amines) is 1. The number of hydrogen-bond donors (Lipinski definition) is 0. The number of piperidine rings is 1. The minimum Gasteiger partial charge on any atom is -0.331 e. The summed E-state index contributed by atoms with van der Waals surface area (Å²) in [5.41, 5.74) is 6.91. The van der Waals surface area contributed by atoms with Crippen molar-refractivity contribution in [3.8, 4) is 11.1 Å². The molecule has 1 fully saturated rings. The maximum atomic E-state index is 14.0. The monoisotopic (exact) mass is 537 g/mol. The first-order valence-corrected chi connectivity index (χ1v) is 15.3. The molecule has 0 aliphatic carbocycles. The summed E-state index contributed by atoms with van der Waals surface area (Å²) in [4.78, 5) is 22.9. The molecular weight excluding hydrogens is 498 g/mol. The molecule has 1 saturated heterocycles. The lowest BCUT2D eigenvalue weighted by atomic mass is 9.99. The van der Waals surface area contributed by atoms with Crippen LogP contribution in [-0.2, 0) is 19.5 Å². The van der Waals surface area contributed by atoms with Gasteiger partial charge in [0, 0.05) is 50.2 Å². The molecule has 0 bridgehead atoms. The lowest BCUT2D eigenvalue weighted by molar-refractivity contribution is 0.0543. The maximum Gasteiger partial charge on any atom is 0.254 e. The van der Waals surface area contributed by atoms with Gasteiger partial charge >= 0.3 is 0 Å². The molecule has 2 aromatic heterocycles. The maximum absolute atomic E-state index is 14.0. The third-order valence-corrected chi connectivity index (χ3v) is 8.55. The van der Waals surface area contributed by atoms with Gasteiger partial charge in [0.1, 0.15) is 0 Å². The average molecular weight is 538 g/mol. The van der Waals surface area contributed by atoms with E-state index in [4.69, 9.17) is 0 Å². The number of unbranched alkanes of at least 4 members (excludes halogenated alkanes) is 2. The van der Waals surface area contributed by atoms with Crippen LogP contribution in [0, 0.1) is 0 Å².